The number of carbonyl (C=O) groups is 1. The molecule has 0 fully saturated rings. The molecule has 18 heavy (non-hydrogen) atoms. The molecule has 7 heteroatoms. The lowest BCUT2D eigenvalue weighted by Crippen LogP contribution is -2.12. The molecule has 4 N–H and O–H groups in total. The van der Waals surface area contributed by atoms with Crippen LogP contribution in [0, 0.1) is 0 Å². The minimum Gasteiger partial charge on any atom is -0.396 e. The third-order valence-corrected chi connectivity index (χ3v) is 3.31. The van der Waals surface area contributed by atoms with Crippen LogP contribution in [0.2, 0.25) is 10.0 Å². The van der Waals surface area contributed by atoms with Crippen molar-refractivity contribution in [2.45, 2.75) is 0 Å². The molecule has 1 aromatic carbocycles. The summed E-state index contributed by atoms with van der Waals surface area (Å²) in [5, 5.41) is 3.26. The molecular weight excluding hydrogens is 341 g/mol. The fraction of sp³-hybridized carbons (Fsp3) is 0. The monoisotopic (exact) mass is 347 g/mol. The number of carbonyl (C=O) groups excluding carboxylic acids is 1. The van der Waals surface area contributed by atoms with Gasteiger partial charge in [0.15, 0.2) is 0 Å². The second-order valence-corrected chi connectivity index (χ2v) is 5.27. The molecule has 0 unspecified atom stereocenters. The number of nitrogens with two attached hydrogens (primary N) is 1. The highest BCUT2D eigenvalue weighted by Gasteiger charge is 2.10. The second-order valence-electron chi connectivity index (χ2n) is 3.54. The largest absolute Gasteiger partial charge is 0.396 e. The van der Waals surface area contributed by atoms with Crippen LogP contribution in [0.5, 0.6) is 0 Å². The van der Waals surface area contributed by atoms with E-state index in [2.05, 4.69) is 26.2 Å². The fourth-order valence-electron chi connectivity index (χ4n) is 1.35. The van der Waals surface area contributed by atoms with Crippen LogP contribution >= 0.6 is 39.1 Å². The lowest BCUT2D eigenvalue weighted by Gasteiger charge is -2.07. The molecule has 0 saturated carbocycles. The van der Waals surface area contributed by atoms with Crippen LogP contribution < -0.4 is 11.1 Å². The Kier molecular flexibility index (Phi) is 3.85. The van der Waals surface area contributed by atoms with Gasteiger partial charge in [-0.15, -0.1) is 0 Å². The molecule has 2 aromatic rings. The third-order valence-electron chi connectivity index (χ3n) is 2.23. The van der Waals surface area contributed by atoms with Crippen molar-refractivity contribution in [3.05, 3.63) is 44.6 Å². The van der Waals surface area contributed by atoms with E-state index in [9.17, 15) is 4.79 Å². The van der Waals surface area contributed by atoms with Gasteiger partial charge in [0, 0.05) is 16.4 Å². The van der Waals surface area contributed by atoms with Crippen LogP contribution in [-0.4, -0.2) is 10.9 Å². The van der Waals surface area contributed by atoms with Crippen molar-refractivity contribution >= 4 is 56.4 Å². The van der Waals surface area contributed by atoms with Gasteiger partial charge in [-0.05, 0) is 34.1 Å². The smallest absolute Gasteiger partial charge is 0.272 e. The molecule has 0 saturated heterocycles. The summed E-state index contributed by atoms with van der Waals surface area (Å²) in [6, 6.07) is 4.74. The fourth-order valence-corrected chi connectivity index (χ4v) is 2.18. The maximum Gasteiger partial charge on any atom is 0.272 e. The summed E-state index contributed by atoms with van der Waals surface area (Å²) < 4.78 is 0.793. The Bertz CT molecular complexity index is 589. The van der Waals surface area contributed by atoms with E-state index in [1.54, 1.807) is 24.4 Å². The van der Waals surface area contributed by atoms with E-state index in [4.69, 9.17) is 28.9 Å². The van der Waals surface area contributed by atoms with E-state index in [-0.39, 0.29) is 5.91 Å². The molecule has 1 aromatic heterocycles. The molecule has 1 heterocycles. The number of benzene rings is 1. The highest BCUT2D eigenvalue weighted by molar-refractivity contribution is 9.10. The van der Waals surface area contributed by atoms with Crippen molar-refractivity contribution in [1.29, 1.82) is 0 Å². The number of halogens is 3. The number of H-pyrrole nitrogens is 1. The standard InChI is InChI=1S/C11H8BrCl2N3O/c12-5-1-9(16-4-5)11(18)17-6-2-7(13)10(15)8(14)3-6/h1-4,16H,15H2,(H,17,18). The molecule has 0 aliphatic rings. The van der Waals surface area contributed by atoms with Crippen LogP contribution in [0.1, 0.15) is 10.5 Å². The number of aromatic nitrogens is 1. The van der Waals surface area contributed by atoms with Crippen molar-refractivity contribution < 1.29 is 4.79 Å². The van der Waals surface area contributed by atoms with Gasteiger partial charge in [0.25, 0.3) is 5.91 Å². The highest BCUT2D eigenvalue weighted by Crippen LogP contribution is 2.31. The quantitative estimate of drug-likeness (QED) is 0.720. The van der Waals surface area contributed by atoms with Crippen molar-refractivity contribution in [2.75, 3.05) is 11.1 Å². The number of nitrogens with one attached hydrogen (secondary N) is 2. The van der Waals surface area contributed by atoms with Gasteiger partial charge in [-0.1, -0.05) is 23.2 Å². The Balaban J connectivity index is 2.22. The van der Waals surface area contributed by atoms with E-state index in [1.165, 1.54) is 0 Å². The summed E-state index contributed by atoms with van der Waals surface area (Å²) in [5.74, 6) is -0.294. The maximum atomic E-state index is 11.9. The first-order chi connectivity index (χ1) is 8.47. The summed E-state index contributed by atoms with van der Waals surface area (Å²) in [6.07, 6.45) is 1.66. The van der Waals surface area contributed by atoms with Gasteiger partial charge < -0.3 is 16.0 Å². The average Bonchev–Trinajstić information content (AvgIpc) is 2.72. The van der Waals surface area contributed by atoms with Crippen molar-refractivity contribution in [3.63, 3.8) is 0 Å². The Hall–Kier alpha value is -1.17. The molecule has 0 aliphatic carbocycles. The van der Waals surface area contributed by atoms with E-state index in [1.807, 2.05) is 0 Å². The summed E-state index contributed by atoms with van der Waals surface area (Å²) in [4.78, 5) is 14.7. The van der Waals surface area contributed by atoms with E-state index < -0.39 is 0 Å². The molecule has 0 radical (unpaired) electrons. The number of hydrogen-bond donors (Lipinski definition) is 3. The summed E-state index contributed by atoms with van der Waals surface area (Å²) in [7, 11) is 0. The molecular formula is C11H8BrCl2N3O. The average molecular weight is 349 g/mol. The Morgan fingerprint density at radius 3 is 2.39 bits per heavy atom. The third kappa shape index (κ3) is 2.80. The minimum atomic E-state index is -0.294. The van der Waals surface area contributed by atoms with Crippen LogP contribution in [-0.2, 0) is 0 Å². The van der Waals surface area contributed by atoms with Gasteiger partial charge in [0.2, 0.25) is 0 Å². The van der Waals surface area contributed by atoms with Gasteiger partial charge in [-0.3, -0.25) is 4.79 Å². The van der Waals surface area contributed by atoms with Crippen molar-refractivity contribution in [3.8, 4) is 0 Å². The normalized spacial score (nSPS) is 10.4. The predicted molar refractivity (Wildman–Crippen MR) is 77.3 cm³/mol. The second kappa shape index (κ2) is 5.22. The first-order valence-corrected chi connectivity index (χ1v) is 6.42. The Labute approximate surface area is 122 Å². The number of aromatic amines is 1. The minimum absolute atomic E-state index is 0.291. The summed E-state index contributed by atoms with van der Waals surface area (Å²) >= 11 is 15.0. The number of hydrogen-bond acceptors (Lipinski definition) is 2. The summed E-state index contributed by atoms with van der Waals surface area (Å²) in [5.41, 5.74) is 6.80. The van der Waals surface area contributed by atoms with Gasteiger partial charge in [-0.2, -0.15) is 0 Å². The number of nitrogen functional groups attached to an aromatic ring is 1. The molecule has 0 aliphatic heterocycles. The predicted octanol–water partition coefficient (Wildman–Crippen LogP) is 3.92. The Morgan fingerprint density at radius 1 is 1.28 bits per heavy atom. The van der Waals surface area contributed by atoms with Gasteiger partial charge >= 0.3 is 0 Å². The van der Waals surface area contributed by atoms with E-state index in [0.29, 0.717) is 27.1 Å². The molecule has 0 bridgehead atoms. The SMILES string of the molecule is Nc1c(Cl)cc(NC(=O)c2cc(Br)c[nH]2)cc1Cl. The first kappa shape index (κ1) is 13.3. The molecule has 0 spiro atoms. The Morgan fingerprint density at radius 2 is 1.89 bits per heavy atom. The zero-order chi connectivity index (χ0) is 13.3. The topological polar surface area (TPSA) is 70.9 Å². The van der Waals surface area contributed by atoms with Crippen molar-refractivity contribution in [2.24, 2.45) is 0 Å². The highest BCUT2D eigenvalue weighted by atomic mass is 79.9. The zero-order valence-corrected chi connectivity index (χ0v) is 12.0. The van der Waals surface area contributed by atoms with Gasteiger partial charge in [-0.25, -0.2) is 0 Å². The zero-order valence-electron chi connectivity index (χ0n) is 8.93. The molecule has 2 rings (SSSR count). The summed E-state index contributed by atoms with van der Waals surface area (Å²) in [6.45, 7) is 0. The first-order valence-electron chi connectivity index (χ1n) is 4.87. The van der Waals surface area contributed by atoms with Crippen LogP contribution in [0.15, 0.2) is 28.9 Å². The van der Waals surface area contributed by atoms with Crippen LogP contribution in [0.4, 0.5) is 11.4 Å². The lowest BCUT2D eigenvalue weighted by atomic mass is 10.2. The van der Waals surface area contributed by atoms with Gasteiger partial charge in [0.05, 0.1) is 15.7 Å². The number of amides is 1. The van der Waals surface area contributed by atoms with Crippen LogP contribution in [0.25, 0.3) is 0 Å². The van der Waals surface area contributed by atoms with Crippen LogP contribution in [0.3, 0.4) is 0 Å². The number of anilines is 2. The van der Waals surface area contributed by atoms with E-state index >= 15 is 0 Å². The molecule has 4 nitrogen and oxygen atoms in total. The number of rotatable bonds is 2. The van der Waals surface area contributed by atoms with Gasteiger partial charge in [0.1, 0.15) is 5.69 Å². The van der Waals surface area contributed by atoms with E-state index in [0.717, 1.165) is 4.47 Å². The maximum absolute atomic E-state index is 11.9. The molecule has 0 atom stereocenters. The molecule has 1 amide bonds. The molecule has 94 valence electrons. The lowest BCUT2D eigenvalue weighted by molar-refractivity contribution is 0.102. The van der Waals surface area contributed by atoms with Crippen molar-refractivity contribution in [1.82, 2.24) is 4.98 Å².